The van der Waals surface area contributed by atoms with Crippen LogP contribution in [-0.2, 0) is 24.1 Å². The summed E-state index contributed by atoms with van der Waals surface area (Å²) in [4.78, 5) is 11.6. The predicted molar refractivity (Wildman–Crippen MR) is 123 cm³/mol. The van der Waals surface area contributed by atoms with Gasteiger partial charge in [-0.1, -0.05) is 34.1 Å². The smallest absolute Gasteiger partial charge is 0.429 e. The van der Waals surface area contributed by atoms with E-state index in [0.29, 0.717) is 42.1 Å². The first kappa shape index (κ1) is 24.7. The molecule has 1 heterocycles. The highest BCUT2D eigenvalue weighted by Crippen LogP contribution is 2.69. The molecule has 0 radical (unpaired) electrons. The van der Waals surface area contributed by atoms with E-state index in [4.69, 9.17) is 13.5 Å². The lowest BCUT2D eigenvalue weighted by atomic mass is 9.39. The Morgan fingerprint density at radius 2 is 1.85 bits per heavy atom. The molecule has 8 heteroatoms. The molecule has 0 aromatic rings. The number of hydrogen-bond acceptors (Lipinski definition) is 6. The Labute approximate surface area is 197 Å². The molecule has 0 amide bonds. The molecule has 0 aromatic heterocycles. The van der Waals surface area contributed by atoms with E-state index in [0.717, 1.165) is 24.8 Å². The molecule has 0 aromatic carbocycles. The molecule has 2 N–H and O–H groups in total. The molecule has 0 saturated heterocycles. The number of allylic oxidation sites excluding steroid dienone is 1. The highest BCUT2D eigenvalue weighted by Gasteiger charge is 2.61. The van der Waals surface area contributed by atoms with Gasteiger partial charge in [0.1, 0.15) is 6.26 Å². The van der Waals surface area contributed by atoms with Gasteiger partial charge >= 0.3 is 16.4 Å². The normalized spacial score (nSPS) is 41.7. The van der Waals surface area contributed by atoms with E-state index in [1.807, 2.05) is 0 Å². The van der Waals surface area contributed by atoms with Crippen LogP contribution in [0.3, 0.4) is 0 Å². The summed E-state index contributed by atoms with van der Waals surface area (Å²) in [5.41, 5.74) is 1.89. The Bertz CT molecular complexity index is 965. The monoisotopic (exact) mass is 482 g/mol. The van der Waals surface area contributed by atoms with E-state index in [1.54, 1.807) is 0 Å². The first-order valence-corrected chi connectivity index (χ1v) is 13.6. The summed E-state index contributed by atoms with van der Waals surface area (Å²) < 4.78 is 41.3. The quantitative estimate of drug-likeness (QED) is 0.325. The van der Waals surface area contributed by atoms with Gasteiger partial charge in [-0.15, -0.1) is 0 Å². The number of esters is 1. The number of aliphatic hydroxyl groups is 1. The van der Waals surface area contributed by atoms with Crippen LogP contribution in [0, 0.1) is 34.0 Å². The standard InChI is InChI=1S/C25H38O7S/c1-23(2)11-5-12-25(4)19(23)10-13-24(3)18(8-6-16-14-21(26)32-22(16)27)17(7-9-20(24)25)15-31-33(28,29)30/h14-15,18-20,22,27H,5-13H2,1-4H3,(H,28,29,30). The first-order chi connectivity index (χ1) is 15.3. The van der Waals surface area contributed by atoms with Crippen LogP contribution in [0.15, 0.2) is 23.5 Å². The molecule has 186 valence electrons. The number of carbonyl (C=O) groups excluding carboxylic acids is 1. The molecule has 6 atom stereocenters. The van der Waals surface area contributed by atoms with Crippen molar-refractivity contribution in [2.75, 3.05) is 0 Å². The van der Waals surface area contributed by atoms with Crippen molar-refractivity contribution in [2.24, 2.45) is 34.0 Å². The summed E-state index contributed by atoms with van der Waals surface area (Å²) >= 11 is 0. The maximum absolute atomic E-state index is 11.6. The van der Waals surface area contributed by atoms with E-state index < -0.39 is 22.7 Å². The Balaban J connectivity index is 1.67. The molecule has 3 fully saturated rings. The second-order valence-corrected chi connectivity index (χ2v) is 12.9. The molecule has 3 aliphatic carbocycles. The maximum atomic E-state index is 11.6. The third-order valence-corrected chi connectivity index (χ3v) is 10.0. The van der Waals surface area contributed by atoms with Crippen LogP contribution >= 0.6 is 0 Å². The van der Waals surface area contributed by atoms with Gasteiger partial charge in [-0.25, -0.2) is 4.79 Å². The second kappa shape index (κ2) is 8.38. The highest BCUT2D eigenvalue weighted by atomic mass is 32.3. The van der Waals surface area contributed by atoms with E-state index in [1.165, 1.54) is 31.6 Å². The maximum Gasteiger partial charge on any atom is 0.445 e. The Morgan fingerprint density at radius 3 is 2.48 bits per heavy atom. The fourth-order valence-electron chi connectivity index (χ4n) is 8.40. The third kappa shape index (κ3) is 4.50. The van der Waals surface area contributed by atoms with Crippen LogP contribution in [0.1, 0.15) is 85.5 Å². The third-order valence-electron chi connectivity index (χ3n) is 9.70. The molecular weight excluding hydrogens is 444 g/mol. The van der Waals surface area contributed by atoms with E-state index in [9.17, 15) is 18.3 Å². The van der Waals surface area contributed by atoms with Gasteiger partial charge in [-0.05, 0) is 90.9 Å². The number of carbonyl (C=O) groups is 1. The topological polar surface area (TPSA) is 110 Å². The van der Waals surface area contributed by atoms with Crippen LogP contribution in [0.2, 0.25) is 0 Å². The zero-order valence-corrected chi connectivity index (χ0v) is 21.0. The molecule has 3 saturated carbocycles. The average Bonchev–Trinajstić information content (AvgIpc) is 3.00. The lowest BCUT2D eigenvalue weighted by molar-refractivity contribution is -0.155. The minimum Gasteiger partial charge on any atom is -0.429 e. The van der Waals surface area contributed by atoms with Gasteiger partial charge in [0.25, 0.3) is 0 Å². The average molecular weight is 483 g/mol. The van der Waals surface area contributed by atoms with Crippen molar-refractivity contribution in [3.63, 3.8) is 0 Å². The number of fused-ring (bicyclic) bond motifs is 3. The lowest BCUT2D eigenvalue weighted by Crippen LogP contribution is -2.58. The van der Waals surface area contributed by atoms with Crippen LogP contribution < -0.4 is 0 Å². The Morgan fingerprint density at radius 1 is 1.12 bits per heavy atom. The highest BCUT2D eigenvalue weighted by molar-refractivity contribution is 7.81. The SMILES string of the molecule is CC1(C)CCCC2(C)C1CCC1(C)C(CCC3=CC(=O)OC3O)C(=COS(=O)(=O)O)CCC12. The largest absolute Gasteiger partial charge is 0.445 e. The van der Waals surface area contributed by atoms with Crippen LogP contribution in [0.4, 0.5) is 0 Å². The fourth-order valence-corrected chi connectivity index (χ4v) is 8.64. The van der Waals surface area contributed by atoms with Gasteiger partial charge in [-0.3, -0.25) is 4.55 Å². The van der Waals surface area contributed by atoms with Gasteiger partial charge < -0.3 is 14.0 Å². The molecule has 4 rings (SSSR count). The van der Waals surface area contributed by atoms with Crippen LogP contribution in [0.5, 0.6) is 0 Å². The fraction of sp³-hybridized carbons (Fsp3) is 0.800. The number of hydrogen-bond donors (Lipinski definition) is 2. The summed E-state index contributed by atoms with van der Waals surface area (Å²) in [6.07, 6.45) is 10.0. The molecule has 33 heavy (non-hydrogen) atoms. The zero-order chi connectivity index (χ0) is 24.2. The molecule has 7 nitrogen and oxygen atoms in total. The summed E-state index contributed by atoms with van der Waals surface area (Å²) in [5, 5.41) is 10.1. The van der Waals surface area contributed by atoms with E-state index in [2.05, 4.69) is 27.7 Å². The number of ether oxygens (including phenoxy) is 1. The van der Waals surface area contributed by atoms with Gasteiger partial charge in [0.05, 0.1) is 0 Å². The van der Waals surface area contributed by atoms with Crippen LogP contribution in [-0.4, -0.2) is 30.3 Å². The van der Waals surface area contributed by atoms with Crippen molar-refractivity contribution >= 4 is 16.4 Å². The summed E-state index contributed by atoms with van der Waals surface area (Å²) in [6.45, 7) is 9.62. The number of rotatable bonds is 5. The van der Waals surface area contributed by atoms with Gasteiger partial charge in [0.15, 0.2) is 0 Å². The van der Waals surface area contributed by atoms with Crippen LogP contribution in [0.25, 0.3) is 0 Å². The van der Waals surface area contributed by atoms with Crippen molar-refractivity contribution in [2.45, 2.75) is 91.8 Å². The molecule has 0 bridgehead atoms. The minimum atomic E-state index is -4.58. The second-order valence-electron chi connectivity index (χ2n) is 11.9. The predicted octanol–water partition coefficient (Wildman–Crippen LogP) is 4.93. The first-order valence-electron chi connectivity index (χ1n) is 12.2. The molecule has 4 aliphatic rings. The van der Waals surface area contributed by atoms with Gasteiger partial charge in [0.2, 0.25) is 6.29 Å². The zero-order valence-electron chi connectivity index (χ0n) is 20.2. The van der Waals surface area contributed by atoms with Gasteiger partial charge in [0, 0.05) is 11.6 Å². The molecule has 1 aliphatic heterocycles. The van der Waals surface area contributed by atoms with Crippen molar-refractivity contribution in [1.29, 1.82) is 0 Å². The number of cyclic esters (lactones) is 1. The Hall–Kier alpha value is -1.38. The molecular formula is C25H38O7S. The van der Waals surface area contributed by atoms with E-state index >= 15 is 0 Å². The van der Waals surface area contributed by atoms with Crippen molar-refractivity contribution in [3.05, 3.63) is 23.5 Å². The Kier molecular flexibility index (Phi) is 6.28. The molecule has 0 spiro atoms. The van der Waals surface area contributed by atoms with Crippen molar-refractivity contribution < 1.29 is 31.8 Å². The lowest BCUT2D eigenvalue weighted by Gasteiger charge is -2.66. The van der Waals surface area contributed by atoms with Gasteiger partial charge in [-0.2, -0.15) is 8.42 Å². The van der Waals surface area contributed by atoms with Crippen molar-refractivity contribution in [3.8, 4) is 0 Å². The summed E-state index contributed by atoms with van der Waals surface area (Å²) in [7, 11) is -4.58. The minimum absolute atomic E-state index is 0.0182. The molecule has 6 unspecified atom stereocenters. The summed E-state index contributed by atoms with van der Waals surface area (Å²) in [6, 6.07) is 0. The summed E-state index contributed by atoms with van der Waals surface area (Å²) in [5.74, 6) is 0.622. The number of aliphatic hydroxyl groups excluding tert-OH is 1. The van der Waals surface area contributed by atoms with Crippen molar-refractivity contribution in [1.82, 2.24) is 0 Å². The van der Waals surface area contributed by atoms with E-state index in [-0.39, 0.29) is 16.7 Å².